The third kappa shape index (κ3) is 2.83. The van der Waals surface area contributed by atoms with Crippen LogP contribution in [0.3, 0.4) is 0 Å². The number of likely N-dealkylation sites (tertiary alicyclic amines) is 1. The Morgan fingerprint density at radius 3 is 3.07 bits per heavy atom. The summed E-state index contributed by atoms with van der Waals surface area (Å²) in [7, 11) is 2.05. The Hall–Kier alpha value is -0.800. The molecule has 1 aromatic rings. The van der Waals surface area contributed by atoms with Gasteiger partial charge >= 0.3 is 0 Å². The fourth-order valence-corrected chi connectivity index (χ4v) is 2.36. The van der Waals surface area contributed by atoms with Crippen molar-refractivity contribution in [2.24, 2.45) is 13.0 Å². The molecule has 2 rings (SSSR count). The van der Waals surface area contributed by atoms with Crippen molar-refractivity contribution in [2.75, 3.05) is 19.7 Å². The molecular weight excluding hydrogens is 188 g/mol. The second-order valence-corrected chi connectivity index (χ2v) is 4.61. The second-order valence-electron chi connectivity index (χ2n) is 4.61. The molecule has 0 aliphatic carbocycles. The fourth-order valence-electron chi connectivity index (χ4n) is 2.36. The predicted molar refractivity (Wildman–Crippen MR) is 60.5 cm³/mol. The van der Waals surface area contributed by atoms with E-state index >= 15 is 0 Å². The van der Waals surface area contributed by atoms with Crippen LogP contribution in [0.4, 0.5) is 0 Å². The Labute approximate surface area is 91.3 Å². The van der Waals surface area contributed by atoms with Gasteiger partial charge in [-0.15, -0.1) is 0 Å². The van der Waals surface area contributed by atoms with Crippen LogP contribution in [-0.4, -0.2) is 34.3 Å². The zero-order valence-corrected chi connectivity index (χ0v) is 9.39. The largest absolute Gasteiger partial charge is 0.396 e. The summed E-state index contributed by atoms with van der Waals surface area (Å²) in [5.41, 5.74) is 1.37. The van der Waals surface area contributed by atoms with Crippen molar-refractivity contribution in [3.63, 3.8) is 0 Å². The Kier molecular flexibility index (Phi) is 3.44. The normalized spacial score (nSPS) is 23.2. The van der Waals surface area contributed by atoms with Crippen LogP contribution in [-0.2, 0) is 13.6 Å². The lowest BCUT2D eigenvalue weighted by molar-refractivity contribution is 0.116. The van der Waals surface area contributed by atoms with Gasteiger partial charge in [0.25, 0.3) is 0 Å². The summed E-state index contributed by atoms with van der Waals surface area (Å²) < 4.78 is 2.09. The molecule has 0 aromatic carbocycles. The van der Waals surface area contributed by atoms with Gasteiger partial charge in [-0.3, -0.25) is 4.90 Å². The van der Waals surface area contributed by atoms with Crippen molar-refractivity contribution < 1.29 is 5.11 Å². The van der Waals surface area contributed by atoms with E-state index in [1.54, 1.807) is 0 Å². The number of aryl methyl sites for hydroxylation is 1. The number of piperidine rings is 1. The molecule has 1 unspecified atom stereocenters. The minimum absolute atomic E-state index is 0.339. The monoisotopic (exact) mass is 208 g/mol. The van der Waals surface area contributed by atoms with Crippen LogP contribution in [0, 0.1) is 5.92 Å². The summed E-state index contributed by atoms with van der Waals surface area (Å²) in [5, 5.41) is 9.15. The zero-order valence-electron chi connectivity index (χ0n) is 9.39. The first kappa shape index (κ1) is 10.7. The smallest absolute Gasteiger partial charge is 0.0471 e. The maximum absolute atomic E-state index is 9.15. The van der Waals surface area contributed by atoms with Crippen LogP contribution >= 0.6 is 0 Å². The van der Waals surface area contributed by atoms with E-state index < -0.39 is 0 Å². The maximum Gasteiger partial charge on any atom is 0.0471 e. The summed E-state index contributed by atoms with van der Waals surface area (Å²) in [5.74, 6) is 0.488. The highest BCUT2D eigenvalue weighted by molar-refractivity contribution is 5.09. The van der Waals surface area contributed by atoms with Crippen molar-refractivity contribution in [3.05, 3.63) is 24.0 Å². The molecule has 3 heteroatoms. The highest BCUT2D eigenvalue weighted by Gasteiger charge is 2.19. The van der Waals surface area contributed by atoms with Gasteiger partial charge < -0.3 is 9.67 Å². The summed E-state index contributed by atoms with van der Waals surface area (Å²) in [6.07, 6.45) is 6.66. The molecule has 0 radical (unpaired) electrons. The Morgan fingerprint density at radius 2 is 2.40 bits per heavy atom. The molecule has 0 spiro atoms. The fraction of sp³-hybridized carbons (Fsp3) is 0.667. The van der Waals surface area contributed by atoms with Gasteiger partial charge in [0.15, 0.2) is 0 Å². The second kappa shape index (κ2) is 4.81. The minimum atomic E-state index is 0.339. The van der Waals surface area contributed by atoms with Gasteiger partial charge in [0.1, 0.15) is 0 Å². The van der Waals surface area contributed by atoms with Gasteiger partial charge in [-0.05, 0) is 36.9 Å². The number of aliphatic hydroxyl groups is 1. The van der Waals surface area contributed by atoms with E-state index in [1.165, 1.54) is 24.9 Å². The maximum atomic E-state index is 9.15. The standard InChI is InChI=1S/C12H20N2O/c1-13-6-4-11(7-13)8-14-5-2-3-12(9-14)10-15/h4,6-7,12,15H,2-3,5,8-10H2,1H3. The number of hydrogen-bond acceptors (Lipinski definition) is 2. The SMILES string of the molecule is Cn1ccc(CN2CCCC(CO)C2)c1. The third-order valence-electron chi connectivity index (χ3n) is 3.16. The molecule has 15 heavy (non-hydrogen) atoms. The van der Waals surface area contributed by atoms with Crippen LogP contribution < -0.4 is 0 Å². The lowest BCUT2D eigenvalue weighted by Crippen LogP contribution is -2.36. The van der Waals surface area contributed by atoms with E-state index in [4.69, 9.17) is 5.11 Å². The molecule has 0 amide bonds. The molecule has 3 nitrogen and oxygen atoms in total. The first-order valence-corrected chi connectivity index (χ1v) is 5.72. The van der Waals surface area contributed by atoms with E-state index in [-0.39, 0.29) is 0 Å². The number of nitrogens with zero attached hydrogens (tertiary/aromatic N) is 2. The van der Waals surface area contributed by atoms with Crippen LogP contribution in [0.2, 0.25) is 0 Å². The number of aromatic nitrogens is 1. The molecule has 1 aliphatic rings. The average molecular weight is 208 g/mol. The highest BCUT2D eigenvalue weighted by Crippen LogP contribution is 2.17. The first-order chi connectivity index (χ1) is 7.28. The molecule has 84 valence electrons. The van der Waals surface area contributed by atoms with E-state index in [2.05, 4.69) is 35.0 Å². The first-order valence-electron chi connectivity index (χ1n) is 5.72. The zero-order chi connectivity index (χ0) is 10.7. The van der Waals surface area contributed by atoms with Crippen molar-refractivity contribution >= 4 is 0 Å². The Morgan fingerprint density at radius 1 is 1.53 bits per heavy atom. The van der Waals surface area contributed by atoms with Crippen molar-refractivity contribution in [2.45, 2.75) is 19.4 Å². The summed E-state index contributed by atoms with van der Waals surface area (Å²) in [6.45, 7) is 3.58. The number of hydrogen-bond donors (Lipinski definition) is 1. The van der Waals surface area contributed by atoms with Crippen LogP contribution in [0.15, 0.2) is 18.5 Å². The lowest BCUT2D eigenvalue weighted by atomic mass is 9.99. The molecule has 1 saturated heterocycles. The molecular formula is C12H20N2O. The van der Waals surface area contributed by atoms with Gasteiger partial charge in [-0.2, -0.15) is 0 Å². The molecule has 1 fully saturated rings. The van der Waals surface area contributed by atoms with Crippen LogP contribution in [0.5, 0.6) is 0 Å². The summed E-state index contributed by atoms with van der Waals surface area (Å²) in [4.78, 5) is 2.44. The van der Waals surface area contributed by atoms with Gasteiger partial charge in [0.05, 0.1) is 0 Å². The van der Waals surface area contributed by atoms with Crippen molar-refractivity contribution in [1.82, 2.24) is 9.47 Å². The average Bonchev–Trinajstić information content (AvgIpc) is 2.64. The summed E-state index contributed by atoms with van der Waals surface area (Å²) in [6, 6.07) is 2.17. The van der Waals surface area contributed by atoms with Gasteiger partial charge in [0.2, 0.25) is 0 Å². The third-order valence-corrected chi connectivity index (χ3v) is 3.16. The van der Waals surface area contributed by atoms with Crippen LogP contribution in [0.1, 0.15) is 18.4 Å². The number of rotatable bonds is 3. The molecule has 0 saturated carbocycles. The topological polar surface area (TPSA) is 28.4 Å². The number of aliphatic hydroxyl groups excluding tert-OH is 1. The Bertz CT molecular complexity index is 308. The van der Waals surface area contributed by atoms with Crippen molar-refractivity contribution in [1.29, 1.82) is 0 Å². The van der Waals surface area contributed by atoms with Gasteiger partial charge in [0, 0.05) is 39.1 Å². The quantitative estimate of drug-likeness (QED) is 0.809. The summed E-state index contributed by atoms with van der Waals surface area (Å²) >= 11 is 0. The van der Waals surface area contributed by atoms with E-state index in [0.717, 1.165) is 13.1 Å². The molecule has 1 N–H and O–H groups in total. The van der Waals surface area contributed by atoms with Crippen molar-refractivity contribution in [3.8, 4) is 0 Å². The molecule has 1 aliphatic heterocycles. The van der Waals surface area contributed by atoms with Gasteiger partial charge in [-0.1, -0.05) is 0 Å². The molecule has 1 atom stereocenters. The molecule has 0 bridgehead atoms. The predicted octanol–water partition coefficient (Wildman–Crippen LogP) is 1.23. The van der Waals surface area contributed by atoms with Crippen LogP contribution in [0.25, 0.3) is 0 Å². The van der Waals surface area contributed by atoms with E-state index in [1.807, 2.05) is 0 Å². The lowest BCUT2D eigenvalue weighted by Gasteiger charge is -2.31. The molecule has 2 heterocycles. The van der Waals surface area contributed by atoms with Gasteiger partial charge in [-0.25, -0.2) is 0 Å². The minimum Gasteiger partial charge on any atom is -0.396 e. The highest BCUT2D eigenvalue weighted by atomic mass is 16.3. The van der Waals surface area contributed by atoms with E-state index in [0.29, 0.717) is 12.5 Å². The Balaban J connectivity index is 1.88. The van der Waals surface area contributed by atoms with E-state index in [9.17, 15) is 0 Å². The molecule has 1 aromatic heterocycles.